The first kappa shape index (κ1) is 23.2. The first-order valence-electron chi connectivity index (χ1n) is 11.1. The second kappa shape index (κ2) is 10.7. The van der Waals surface area contributed by atoms with Gasteiger partial charge in [-0.15, -0.1) is 0 Å². The van der Waals surface area contributed by atoms with E-state index in [0.717, 1.165) is 29.7 Å². The molecule has 2 amide bonds. The molecular weight excluding hydrogens is 404 g/mol. The number of para-hydroxylation sites is 3. The van der Waals surface area contributed by atoms with Crippen molar-refractivity contribution in [2.75, 3.05) is 11.9 Å². The van der Waals surface area contributed by atoms with Crippen LogP contribution in [0.25, 0.3) is 11.0 Å². The van der Waals surface area contributed by atoms with Crippen molar-refractivity contribution in [1.29, 1.82) is 0 Å². The minimum Gasteiger partial charge on any atom is -0.356 e. The van der Waals surface area contributed by atoms with Crippen molar-refractivity contribution in [1.82, 2.24) is 14.9 Å². The average molecular weight is 435 g/mol. The van der Waals surface area contributed by atoms with Gasteiger partial charge in [0, 0.05) is 25.1 Å². The van der Waals surface area contributed by atoms with E-state index in [9.17, 15) is 14.4 Å². The van der Waals surface area contributed by atoms with Crippen LogP contribution in [-0.2, 0) is 29.0 Å². The Morgan fingerprint density at radius 3 is 2.56 bits per heavy atom. The third-order valence-corrected chi connectivity index (χ3v) is 5.39. The molecule has 1 aromatic heterocycles. The van der Waals surface area contributed by atoms with Crippen LogP contribution in [0.2, 0.25) is 0 Å². The number of fused-ring (bicyclic) bond motifs is 1. The molecular formula is C25H30N4O3. The average Bonchev–Trinajstić information content (AvgIpc) is 2.79. The summed E-state index contributed by atoms with van der Waals surface area (Å²) in [4.78, 5) is 42.6. The van der Waals surface area contributed by atoms with Crippen molar-refractivity contribution >= 4 is 28.5 Å². The molecule has 2 aromatic carbocycles. The van der Waals surface area contributed by atoms with Crippen LogP contribution in [0.4, 0.5) is 5.69 Å². The highest BCUT2D eigenvalue weighted by Crippen LogP contribution is 2.21. The lowest BCUT2D eigenvalue weighted by atomic mass is 10.1. The second-order valence-corrected chi connectivity index (χ2v) is 7.80. The summed E-state index contributed by atoms with van der Waals surface area (Å²) in [6.45, 7) is 6.44. The maximum atomic E-state index is 13.2. The van der Waals surface area contributed by atoms with Gasteiger partial charge in [-0.05, 0) is 43.0 Å². The number of nitrogens with one attached hydrogen (secondary N) is 2. The minimum atomic E-state index is -0.345. The van der Waals surface area contributed by atoms with Gasteiger partial charge in [0.1, 0.15) is 12.2 Å². The first-order chi connectivity index (χ1) is 15.4. The molecule has 3 rings (SSSR count). The summed E-state index contributed by atoms with van der Waals surface area (Å²) in [5, 5.41) is 5.79. The van der Waals surface area contributed by atoms with E-state index in [1.807, 2.05) is 51.1 Å². The molecule has 2 N–H and O–H groups in total. The van der Waals surface area contributed by atoms with Gasteiger partial charge < -0.3 is 10.6 Å². The summed E-state index contributed by atoms with van der Waals surface area (Å²) in [5.74, 6) is -0.392. The topological polar surface area (TPSA) is 93.1 Å². The van der Waals surface area contributed by atoms with Crippen LogP contribution in [0.1, 0.15) is 43.5 Å². The Kier molecular flexibility index (Phi) is 7.76. The number of anilines is 1. The van der Waals surface area contributed by atoms with Crippen LogP contribution < -0.4 is 16.2 Å². The molecule has 1 heterocycles. The molecule has 0 aliphatic heterocycles. The molecule has 32 heavy (non-hydrogen) atoms. The van der Waals surface area contributed by atoms with E-state index in [1.54, 1.807) is 12.1 Å². The molecule has 7 nitrogen and oxygen atoms in total. The molecule has 168 valence electrons. The molecule has 3 aromatic rings. The van der Waals surface area contributed by atoms with E-state index in [1.165, 1.54) is 4.57 Å². The highest BCUT2D eigenvalue weighted by molar-refractivity contribution is 5.93. The van der Waals surface area contributed by atoms with Gasteiger partial charge in [0.2, 0.25) is 11.8 Å². The van der Waals surface area contributed by atoms with Gasteiger partial charge in [0.15, 0.2) is 0 Å². The van der Waals surface area contributed by atoms with Gasteiger partial charge in [-0.1, -0.05) is 44.2 Å². The van der Waals surface area contributed by atoms with E-state index >= 15 is 0 Å². The molecule has 0 aliphatic rings. The molecule has 0 bridgehead atoms. The summed E-state index contributed by atoms with van der Waals surface area (Å²) in [6, 6.07) is 13.1. The predicted molar refractivity (Wildman–Crippen MR) is 127 cm³/mol. The standard InChI is InChI=1S/C25H30N4O3/c1-4-15-26-22(30)14-13-20-25(32)29(21-12-7-6-11-19(21)27-20)16-23(31)28-24-17(3)9-8-10-18(24)5-2/h6-12H,4-5,13-16H2,1-3H3,(H,26,30)(H,28,31). The largest absolute Gasteiger partial charge is 0.356 e. The Morgan fingerprint density at radius 1 is 1.03 bits per heavy atom. The molecule has 0 saturated carbocycles. The maximum Gasteiger partial charge on any atom is 0.273 e. The van der Waals surface area contributed by atoms with Crippen molar-refractivity contribution < 1.29 is 9.59 Å². The van der Waals surface area contributed by atoms with Gasteiger partial charge in [0.25, 0.3) is 5.56 Å². The fourth-order valence-corrected chi connectivity index (χ4v) is 3.67. The van der Waals surface area contributed by atoms with Crippen molar-refractivity contribution in [3.63, 3.8) is 0 Å². The van der Waals surface area contributed by atoms with Crippen LogP contribution in [0.3, 0.4) is 0 Å². The SMILES string of the molecule is CCCNC(=O)CCc1nc2ccccc2n(CC(=O)Nc2c(C)cccc2CC)c1=O. The number of aromatic nitrogens is 2. The second-order valence-electron chi connectivity index (χ2n) is 7.80. The first-order valence-corrected chi connectivity index (χ1v) is 11.1. The number of amides is 2. The van der Waals surface area contributed by atoms with E-state index in [4.69, 9.17) is 0 Å². The fraction of sp³-hybridized carbons (Fsp3) is 0.360. The van der Waals surface area contributed by atoms with Crippen LogP contribution in [-0.4, -0.2) is 27.9 Å². The lowest BCUT2D eigenvalue weighted by Crippen LogP contribution is -2.32. The zero-order chi connectivity index (χ0) is 23.1. The summed E-state index contributed by atoms with van der Waals surface area (Å²) in [7, 11) is 0. The lowest BCUT2D eigenvalue weighted by Gasteiger charge is -2.15. The van der Waals surface area contributed by atoms with Crippen LogP contribution in [0.5, 0.6) is 0 Å². The molecule has 0 aliphatic carbocycles. The van der Waals surface area contributed by atoms with Gasteiger partial charge in [-0.2, -0.15) is 0 Å². The Labute approximate surface area is 187 Å². The van der Waals surface area contributed by atoms with Crippen molar-refractivity contribution in [3.05, 3.63) is 69.6 Å². The number of hydrogen-bond acceptors (Lipinski definition) is 4. The van der Waals surface area contributed by atoms with Gasteiger partial charge in [0.05, 0.1) is 11.0 Å². The number of rotatable bonds is 9. The number of aryl methyl sites for hydroxylation is 3. The van der Waals surface area contributed by atoms with Gasteiger partial charge >= 0.3 is 0 Å². The number of carbonyl (C=O) groups excluding carboxylic acids is 2. The highest BCUT2D eigenvalue weighted by atomic mass is 16.2. The molecule has 7 heteroatoms. The van der Waals surface area contributed by atoms with Crippen LogP contribution in [0, 0.1) is 6.92 Å². The molecule has 0 radical (unpaired) electrons. The van der Waals surface area contributed by atoms with E-state index < -0.39 is 0 Å². The van der Waals surface area contributed by atoms with E-state index in [2.05, 4.69) is 15.6 Å². The normalized spacial score (nSPS) is 10.8. The molecule has 0 fully saturated rings. The van der Waals surface area contributed by atoms with Gasteiger partial charge in [-0.25, -0.2) is 4.98 Å². The van der Waals surface area contributed by atoms with Crippen LogP contribution >= 0.6 is 0 Å². The zero-order valence-corrected chi connectivity index (χ0v) is 18.9. The number of benzene rings is 2. The third-order valence-electron chi connectivity index (χ3n) is 5.39. The molecule has 0 spiro atoms. The summed E-state index contributed by atoms with van der Waals surface area (Å²) in [5.41, 5.74) is 3.96. The van der Waals surface area contributed by atoms with Crippen LogP contribution in [0.15, 0.2) is 47.3 Å². The molecule has 0 unspecified atom stereocenters. The lowest BCUT2D eigenvalue weighted by molar-refractivity contribution is -0.121. The van der Waals surface area contributed by atoms with Crippen molar-refractivity contribution in [2.45, 2.75) is 53.0 Å². The summed E-state index contributed by atoms with van der Waals surface area (Å²) in [6.07, 6.45) is 2.04. The van der Waals surface area contributed by atoms with E-state index in [-0.39, 0.29) is 42.5 Å². The maximum absolute atomic E-state index is 13.2. The number of nitrogens with zero attached hydrogens (tertiary/aromatic N) is 2. The number of carbonyl (C=O) groups is 2. The molecule has 0 atom stereocenters. The Balaban J connectivity index is 1.88. The Morgan fingerprint density at radius 2 is 1.81 bits per heavy atom. The Hall–Kier alpha value is -3.48. The van der Waals surface area contributed by atoms with E-state index in [0.29, 0.717) is 17.6 Å². The molecule has 0 saturated heterocycles. The minimum absolute atomic E-state index is 0.114. The summed E-state index contributed by atoms with van der Waals surface area (Å²) >= 11 is 0. The third kappa shape index (κ3) is 5.41. The number of hydrogen-bond donors (Lipinski definition) is 2. The highest BCUT2D eigenvalue weighted by Gasteiger charge is 2.16. The zero-order valence-electron chi connectivity index (χ0n) is 18.9. The smallest absolute Gasteiger partial charge is 0.273 e. The fourth-order valence-electron chi connectivity index (χ4n) is 3.67. The summed E-state index contributed by atoms with van der Waals surface area (Å²) < 4.78 is 1.45. The van der Waals surface area contributed by atoms with Gasteiger partial charge in [-0.3, -0.25) is 19.0 Å². The Bertz CT molecular complexity index is 1180. The van der Waals surface area contributed by atoms with Crippen molar-refractivity contribution in [3.8, 4) is 0 Å². The monoisotopic (exact) mass is 434 g/mol. The predicted octanol–water partition coefficient (Wildman–Crippen LogP) is 3.36. The quantitative estimate of drug-likeness (QED) is 0.540. The van der Waals surface area contributed by atoms with Crippen molar-refractivity contribution in [2.24, 2.45) is 0 Å².